The van der Waals surface area contributed by atoms with Crippen molar-refractivity contribution in [1.82, 2.24) is 10.2 Å². The van der Waals surface area contributed by atoms with Gasteiger partial charge in [0.15, 0.2) is 0 Å². The van der Waals surface area contributed by atoms with Gasteiger partial charge in [-0.1, -0.05) is 71.4 Å². The van der Waals surface area contributed by atoms with Crippen LogP contribution in [0.2, 0.25) is 20.1 Å². The van der Waals surface area contributed by atoms with Gasteiger partial charge in [-0.15, -0.1) is 11.8 Å². The standard InChI is InChI=1S/C24H26Cl4N2O2S/c1-15(24(32)29-20-4-2-3-5-20)30(12-16-6-8-18(25)10-21(16)27)23(31)14-33-13-17-7-9-19(26)11-22(17)28/h6-11,15,20H,2-5,12-14H2,1H3,(H,29,32)/t15-/m0/s1. The number of hydrogen-bond donors (Lipinski definition) is 1. The minimum atomic E-state index is -0.635. The summed E-state index contributed by atoms with van der Waals surface area (Å²) in [6.07, 6.45) is 4.19. The molecule has 4 nitrogen and oxygen atoms in total. The summed E-state index contributed by atoms with van der Waals surface area (Å²) in [6.45, 7) is 1.98. The lowest BCUT2D eigenvalue weighted by atomic mass is 10.1. The molecule has 0 aliphatic heterocycles. The molecular formula is C24H26Cl4N2O2S. The first kappa shape index (κ1) is 26.5. The molecule has 1 atom stereocenters. The van der Waals surface area contributed by atoms with Crippen LogP contribution >= 0.6 is 58.2 Å². The summed E-state index contributed by atoms with van der Waals surface area (Å²) in [5.74, 6) is 0.460. The maximum Gasteiger partial charge on any atom is 0.242 e. The first-order valence-electron chi connectivity index (χ1n) is 10.8. The predicted octanol–water partition coefficient (Wildman–Crippen LogP) is 7.01. The van der Waals surface area contributed by atoms with E-state index < -0.39 is 6.04 Å². The average molecular weight is 548 g/mol. The van der Waals surface area contributed by atoms with E-state index in [-0.39, 0.29) is 30.2 Å². The maximum absolute atomic E-state index is 13.2. The van der Waals surface area contributed by atoms with Gasteiger partial charge in [-0.05, 0) is 55.2 Å². The first-order chi connectivity index (χ1) is 15.7. The topological polar surface area (TPSA) is 49.4 Å². The zero-order valence-electron chi connectivity index (χ0n) is 18.3. The first-order valence-corrected chi connectivity index (χ1v) is 13.5. The molecule has 2 aromatic rings. The summed E-state index contributed by atoms with van der Waals surface area (Å²) in [5.41, 5.74) is 1.64. The van der Waals surface area contributed by atoms with Crippen molar-refractivity contribution in [3.63, 3.8) is 0 Å². The molecule has 0 radical (unpaired) electrons. The summed E-state index contributed by atoms with van der Waals surface area (Å²) in [4.78, 5) is 27.8. The van der Waals surface area contributed by atoms with Gasteiger partial charge in [0.1, 0.15) is 6.04 Å². The predicted molar refractivity (Wildman–Crippen MR) is 139 cm³/mol. The molecule has 178 valence electrons. The fraction of sp³-hybridized carbons (Fsp3) is 0.417. The van der Waals surface area contributed by atoms with Crippen molar-refractivity contribution in [3.05, 3.63) is 67.6 Å². The van der Waals surface area contributed by atoms with E-state index in [1.807, 2.05) is 6.07 Å². The number of rotatable bonds is 9. The van der Waals surface area contributed by atoms with Crippen LogP contribution in [0.3, 0.4) is 0 Å². The normalized spacial score (nSPS) is 14.8. The van der Waals surface area contributed by atoms with E-state index in [0.717, 1.165) is 36.8 Å². The summed E-state index contributed by atoms with van der Waals surface area (Å²) in [7, 11) is 0. The van der Waals surface area contributed by atoms with Gasteiger partial charge in [0.05, 0.1) is 5.75 Å². The van der Waals surface area contributed by atoms with Crippen LogP contribution in [0.4, 0.5) is 0 Å². The largest absolute Gasteiger partial charge is 0.352 e. The zero-order chi connectivity index (χ0) is 24.0. The molecule has 0 spiro atoms. The molecule has 1 aliphatic carbocycles. The maximum atomic E-state index is 13.2. The van der Waals surface area contributed by atoms with Crippen molar-refractivity contribution >= 4 is 70.0 Å². The Hall–Kier alpha value is -1.11. The second kappa shape index (κ2) is 12.6. The molecule has 1 aliphatic rings. The molecule has 2 aromatic carbocycles. The van der Waals surface area contributed by atoms with Crippen molar-refractivity contribution in [2.24, 2.45) is 0 Å². The molecule has 3 rings (SSSR count). The number of nitrogens with one attached hydrogen (secondary N) is 1. The van der Waals surface area contributed by atoms with Gasteiger partial charge in [-0.25, -0.2) is 0 Å². The van der Waals surface area contributed by atoms with E-state index in [9.17, 15) is 9.59 Å². The third-order valence-corrected chi connectivity index (χ3v) is 7.86. The number of benzene rings is 2. The highest BCUT2D eigenvalue weighted by molar-refractivity contribution is 7.99. The second-order valence-electron chi connectivity index (χ2n) is 8.15. The lowest BCUT2D eigenvalue weighted by Gasteiger charge is -2.30. The Labute approximate surface area is 219 Å². The molecule has 1 saturated carbocycles. The Morgan fingerprint density at radius 3 is 2.15 bits per heavy atom. The van der Waals surface area contributed by atoms with Crippen molar-refractivity contribution in [3.8, 4) is 0 Å². The Balaban J connectivity index is 1.70. The van der Waals surface area contributed by atoms with E-state index in [4.69, 9.17) is 46.4 Å². The minimum absolute atomic E-state index is 0.147. The van der Waals surface area contributed by atoms with Crippen molar-refractivity contribution in [2.75, 3.05) is 5.75 Å². The van der Waals surface area contributed by atoms with Crippen LogP contribution in [0.25, 0.3) is 0 Å². The van der Waals surface area contributed by atoms with Crippen LogP contribution in [0, 0.1) is 0 Å². The van der Waals surface area contributed by atoms with E-state index in [0.29, 0.717) is 25.8 Å². The van der Waals surface area contributed by atoms with Crippen molar-refractivity contribution in [2.45, 2.75) is 57.0 Å². The van der Waals surface area contributed by atoms with Crippen LogP contribution in [-0.2, 0) is 21.9 Å². The number of hydrogen-bond acceptors (Lipinski definition) is 3. The Morgan fingerprint density at radius 2 is 1.58 bits per heavy atom. The SMILES string of the molecule is C[C@@H](C(=O)NC1CCCC1)N(Cc1ccc(Cl)cc1Cl)C(=O)CSCc1ccc(Cl)cc1Cl. The fourth-order valence-corrected chi connectivity index (χ4v) is 5.71. The smallest absolute Gasteiger partial charge is 0.242 e. The quantitative estimate of drug-likeness (QED) is 0.367. The van der Waals surface area contributed by atoms with E-state index in [2.05, 4.69) is 5.32 Å². The molecule has 0 heterocycles. The number of thioether (sulfide) groups is 1. The highest BCUT2D eigenvalue weighted by atomic mass is 35.5. The van der Waals surface area contributed by atoms with E-state index >= 15 is 0 Å². The third kappa shape index (κ3) is 7.69. The Kier molecular flexibility index (Phi) is 10.1. The number of amides is 2. The fourth-order valence-electron chi connectivity index (χ4n) is 3.78. The van der Waals surface area contributed by atoms with Gasteiger partial charge in [0.2, 0.25) is 11.8 Å². The van der Waals surface area contributed by atoms with Crippen molar-refractivity contribution < 1.29 is 9.59 Å². The summed E-state index contributed by atoms with van der Waals surface area (Å²) in [5, 5.41) is 5.21. The molecule has 33 heavy (non-hydrogen) atoms. The molecule has 1 fully saturated rings. The van der Waals surface area contributed by atoms with E-state index in [1.165, 1.54) is 11.8 Å². The highest BCUT2D eigenvalue weighted by Gasteiger charge is 2.28. The lowest BCUT2D eigenvalue weighted by Crippen LogP contribution is -2.50. The van der Waals surface area contributed by atoms with Gasteiger partial charge in [-0.3, -0.25) is 9.59 Å². The Morgan fingerprint density at radius 1 is 1.00 bits per heavy atom. The van der Waals surface area contributed by atoms with Gasteiger partial charge in [0.25, 0.3) is 0 Å². The van der Waals surface area contributed by atoms with Crippen LogP contribution in [-0.4, -0.2) is 34.6 Å². The van der Waals surface area contributed by atoms with Gasteiger partial charge in [0, 0.05) is 38.4 Å². The van der Waals surface area contributed by atoms with Crippen LogP contribution < -0.4 is 5.32 Å². The zero-order valence-corrected chi connectivity index (χ0v) is 22.1. The highest BCUT2D eigenvalue weighted by Crippen LogP contribution is 2.27. The van der Waals surface area contributed by atoms with Gasteiger partial charge < -0.3 is 10.2 Å². The van der Waals surface area contributed by atoms with Crippen LogP contribution in [0.1, 0.15) is 43.7 Å². The summed E-state index contributed by atoms with van der Waals surface area (Å²) >= 11 is 26.0. The van der Waals surface area contributed by atoms with Gasteiger partial charge >= 0.3 is 0 Å². The lowest BCUT2D eigenvalue weighted by molar-refractivity contribution is -0.138. The molecule has 0 bridgehead atoms. The molecular weight excluding hydrogens is 522 g/mol. The van der Waals surface area contributed by atoms with Gasteiger partial charge in [-0.2, -0.15) is 0 Å². The monoisotopic (exact) mass is 546 g/mol. The molecule has 2 amide bonds. The second-order valence-corrected chi connectivity index (χ2v) is 10.8. The average Bonchev–Trinajstić information content (AvgIpc) is 3.27. The van der Waals surface area contributed by atoms with Crippen LogP contribution in [0.5, 0.6) is 0 Å². The van der Waals surface area contributed by atoms with Crippen molar-refractivity contribution in [1.29, 1.82) is 0 Å². The minimum Gasteiger partial charge on any atom is -0.352 e. The molecule has 0 saturated heterocycles. The molecule has 9 heteroatoms. The summed E-state index contributed by atoms with van der Waals surface area (Å²) in [6, 6.07) is 10.0. The van der Waals surface area contributed by atoms with E-state index in [1.54, 1.807) is 42.2 Å². The third-order valence-electron chi connectivity index (χ3n) is 5.72. The molecule has 0 aromatic heterocycles. The van der Waals surface area contributed by atoms with Crippen LogP contribution in [0.15, 0.2) is 36.4 Å². The summed E-state index contributed by atoms with van der Waals surface area (Å²) < 4.78 is 0. The number of carbonyl (C=O) groups is 2. The molecule has 0 unspecified atom stereocenters. The number of halogens is 4. The number of carbonyl (C=O) groups excluding carboxylic acids is 2. The Bertz CT molecular complexity index is 998. The molecule has 1 N–H and O–H groups in total. The number of nitrogens with zero attached hydrogens (tertiary/aromatic N) is 1.